The van der Waals surface area contributed by atoms with Gasteiger partial charge in [-0.3, -0.25) is 9.37 Å². The summed E-state index contributed by atoms with van der Waals surface area (Å²) in [5, 5.41) is 12.5. The van der Waals surface area contributed by atoms with E-state index in [1.165, 1.54) is 6.07 Å². The Kier molecular flexibility index (Phi) is 7.36. The Morgan fingerprint density at radius 1 is 1.15 bits per heavy atom. The van der Waals surface area contributed by atoms with Crippen LogP contribution in [0.5, 0.6) is 0 Å². The van der Waals surface area contributed by atoms with Gasteiger partial charge in [0.25, 0.3) is 0 Å². The summed E-state index contributed by atoms with van der Waals surface area (Å²) in [5.41, 5.74) is 0.817. The SMILES string of the molecule is N#Cc1c(Nc2c(F)ccc(NSCCCF)c2F)ccc2ncc(N3CCOCC3)nc12. The fourth-order valence-corrected chi connectivity index (χ4v) is 4.04. The average molecular weight is 475 g/mol. The van der Waals surface area contributed by atoms with Gasteiger partial charge in [-0.05, 0) is 30.7 Å². The molecule has 1 aromatic heterocycles. The number of ether oxygens (including phenoxy) is 1. The molecule has 0 unspecified atom stereocenters. The zero-order chi connectivity index (χ0) is 23.2. The Bertz CT molecular complexity index is 1180. The van der Waals surface area contributed by atoms with Gasteiger partial charge in [0.05, 0.1) is 43.0 Å². The third-order valence-electron chi connectivity index (χ3n) is 5.06. The predicted molar refractivity (Wildman–Crippen MR) is 124 cm³/mol. The first kappa shape index (κ1) is 22.9. The van der Waals surface area contributed by atoms with Crippen LogP contribution in [0, 0.1) is 23.0 Å². The van der Waals surface area contributed by atoms with Gasteiger partial charge >= 0.3 is 0 Å². The molecule has 0 amide bonds. The standard InChI is InChI=1S/C22H21F3N6OS/c23-6-1-11-33-30-17-3-2-15(24)22(20(17)25)28-16-4-5-18-21(14(16)12-26)29-19(13-27-18)31-7-9-32-10-8-31/h2-5,13,28,30H,1,6-11H2. The molecule has 7 nitrogen and oxygen atoms in total. The van der Waals surface area contributed by atoms with Crippen molar-refractivity contribution < 1.29 is 17.9 Å². The number of fused-ring (bicyclic) bond motifs is 1. The summed E-state index contributed by atoms with van der Waals surface area (Å²) in [4.78, 5) is 11.0. The molecule has 172 valence electrons. The minimum absolute atomic E-state index is 0.0523. The van der Waals surface area contributed by atoms with Crippen LogP contribution in [-0.4, -0.2) is 48.7 Å². The number of halogens is 3. The molecular formula is C22H21F3N6OS. The van der Waals surface area contributed by atoms with E-state index < -0.39 is 24.0 Å². The Labute approximate surface area is 193 Å². The largest absolute Gasteiger partial charge is 0.378 e. The Balaban J connectivity index is 1.66. The lowest BCUT2D eigenvalue weighted by Crippen LogP contribution is -2.36. The van der Waals surface area contributed by atoms with E-state index in [1.54, 1.807) is 18.3 Å². The smallest absolute Gasteiger partial charge is 0.173 e. The Morgan fingerprint density at radius 2 is 1.94 bits per heavy atom. The molecule has 1 aliphatic rings. The topological polar surface area (TPSA) is 86.1 Å². The van der Waals surface area contributed by atoms with Crippen LogP contribution < -0.4 is 14.9 Å². The minimum Gasteiger partial charge on any atom is -0.378 e. The number of morpholine rings is 1. The number of nitriles is 1. The second-order valence-electron chi connectivity index (χ2n) is 7.20. The third kappa shape index (κ3) is 5.07. The first-order valence-electron chi connectivity index (χ1n) is 10.3. The molecule has 2 heterocycles. The highest BCUT2D eigenvalue weighted by atomic mass is 32.2. The molecule has 0 radical (unpaired) electrons. The monoisotopic (exact) mass is 474 g/mol. The summed E-state index contributed by atoms with van der Waals surface area (Å²) in [7, 11) is 0. The van der Waals surface area contributed by atoms with Crippen LogP contribution in [-0.2, 0) is 4.74 Å². The van der Waals surface area contributed by atoms with Gasteiger partial charge in [-0.15, -0.1) is 0 Å². The van der Waals surface area contributed by atoms with Gasteiger partial charge in [-0.25, -0.2) is 13.8 Å². The van der Waals surface area contributed by atoms with Crippen LogP contribution in [0.15, 0.2) is 30.5 Å². The molecule has 0 saturated carbocycles. The van der Waals surface area contributed by atoms with Crippen LogP contribution in [0.3, 0.4) is 0 Å². The normalized spacial score (nSPS) is 13.7. The molecule has 0 bridgehead atoms. The van der Waals surface area contributed by atoms with E-state index in [-0.39, 0.29) is 16.9 Å². The molecule has 2 aromatic carbocycles. The average Bonchev–Trinajstić information content (AvgIpc) is 2.85. The van der Waals surface area contributed by atoms with E-state index >= 15 is 4.39 Å². The maximum atomic E-state index is 15.0. The molecule has 3 aromatic rings. The summed E-state index contributed by atoms with van der Waals surface area (Å²) in [6, 6.07) is 7.65. The van der Waals surface area contributed by atoms with E-state index in [1.807, 2.05) is 4.90 Å². The van der Waals surface area contributed by atoms with Gasteiger partial charge in [0.15, 0.2) is 5.82 Å². The highest BCUT2D eigenvalue weighted by Gasteiger charge is 2.19. The van der Waals surface area contributed by atoms with Gasteiger partial charge in [0.1, 0.15) is 34.5 Å². The van der Waals surface area contributed by atoms with Gasteiger partial charge in [0.2, 0.25) is 0 Å². The number of nitrogens with one attached hydrogen (secondary N) is 2. The second-order valence-corrected chi connectivity index (χ2v) is 8.10. The minimum atomic E-state index is -0.847. The zero-order valence-corrected chi connectivity index (χ0v) is 18.4. The molecule has 4 rings (SSSR count). The highest BCUT2D eigenvalue weighted by Crippen LogP contribution is 2.33. The van der Waals surface area contributed by atoms with Crippen molar-refractivity contribution in [3.05, 3.63) is 47.7 Å². The van der Waals surface area contributed by atoms with E-state index in [0.29, 0.717) is 55.3 Å². The van der Waals surface area contributed by atoms with Crippen LogP contribution in [0.2, 0.25) is 0 Å². The molecule has 2 N–H and O–H groups in total. The number of hydrogen-bond donors (Lipinski definition) is 2. The number of nitrogens with zero attached hydrogens (tertiary/aromatic N) is 4. The van der Waals surface area contributed by atoms with Crippen molar-refractivity contribution in [1.29, 1.82) is 5.26 Å². The first-order valence-corrected chi connectivity index (χ1v) is 11.3. The number of benzene rings is 2. The Hall–Kier alpha value is -3.23. The first-order chi connectivity index (χ1) is 16.1. The lowest BCUT2D eigenvalue weighted by atomic mass is 10.1. The third-order valence-corrected chi connectivity index (χ3v) is 5.92. The highest BCUT2D eigenvalue weighted by molar-refractivity contribution is 8.00. The van der Waals surface area contributed by atoms with E-state index in [9.17, 15) is 14.0 Å². The van der Waals surface area contributed by atoms with Gasteiger partial charge in [0, 0.05) is 18.8 Å². The molecule has 1 fully saturated rings. The van der Waals surface area contributed by atoms with Crippen LogP contribution >= 0.6 is 11.9 Å². The maximum absolute atomic E-state index is 15.0. The zero-order valence-electron chi connectivity index (χ0n) is 17.6. The number of hydrogen-bond acceptors (Lipinski definition) is 8. The molecule has 11 heteroatoms. The van der Waals surface area contributed by atoms with E-state index in [4.69, 9.17) is 4.74 Å². The lowest BCUT2D eigenvalue weighted by Gasteiger charge is -2.27. The molecule has 33 heavy (non-hydrogen) atoms. The number of anilines is 4. The molecule has 0 spiro atoms. The Morgan fingerprint density at radius 3 is 2.70 bits per heavy atom. The predicted octanol–water partition coefficient (Wildman–Crippen LogP) is 4.78. The lowest BCUT2D eigenvalue weighted by molar-refractivity contribution is 0.122. The van der Waals surface area contributed by atoms with Gasteiger partial charge < -0.3 is 19.7 Å². The van der Waals surface area contributed by atoms with Gasteiger partial charge in [-0.1, -0.05) is 11.9 Å². The van der Waals surface area contributed by atoms with Gasteiger partial charge in [-0.2, -0.15) is 5.26 Å². The number of rotatable bonds is 8. The summed E-state index contributed by atoms with van der Waals surface area (Å²) in [5.74, 6) is -0.624. The van der Waals surface area contributed by atoms with E-state index in [0.717, 1.165) is 18.0 Å². The van der Waals surface area contributed by atoms with Crippen molar-refractivity contribution in [3.8, 4) is 6.07 Å². The number of alkyl halides is 1. The molecular weight excluding hydrogens is 453 g/mol. The second kappa shape index (κ2) is 10.6. The fourth-order valence-electron chi connectivity index (χ4n) is 3.37. The van der Waals surface area contributed by atoms with Crippen molar-refractivity contribution in [1.82, 2.24) is 9.97 Å². The summed E-state index contributed by atoms with van der Waals surface area (Å²) in [6.07, 6.45) is 1.96. The number of aromatic nitrogens is 2. The van der Waals surface area contributed by atoms with E-state index in [2.05, 4.69) is 26.1 Å². The maximum Gasteiger partial charge on any atom is 0.173 e. The van der Waals surface area contributed by atoms with Crippen LogP contribution in [0.4, 0.5) is 36.1 Å². The molecule has 1 saturated heterocycles. The molecule has 0 aliphatic carbocycles. The van der Waals surface area contributed by atoms with Crippen molar-refractivity contribution in [2.75, 3.05) is 53.7 Å². The van der Waals surface area contributed by atoms with Crippen LogP contribution in [0.1, 0.15) is 12.0 Å². The molecule has 1 aliphatic heterocycles. The van der Waals surface area contributed by atoms with Crippen molar-refractivity contribution >= 4 is 45.9 Å². The summed E-state index contributed by atoms with van der Waals surface area (Å²) >= 11 is 1.13. The van der Waals surface area contributed by atoms with Crippen LogP contribution in [0.25, 0.3) is 11.0 Å². The summed E-state index contributed by atoms with van der Waals surface area (Å²) < 4.78 is 49.9. The quantitative estimate of drug-likeness (QED) is 0.356. The van der Waals surface area contributed by atoms with Crippen molar-refractivity contribution in [3.63, 3.8) is 0 Å². The van der Waals surface area contributed by atoms with Crippen molar-refractivity contribution in [2.24, 2.45) is 0 Å². The fraction of sp³-hybridized carbons (Fsp3) is 0.318. The van der Waals surface area contributed by atoms with Crippen molar-refractivity contribution in [2.45, 2.75) is 6.42 Å². The summed E-state index contributed by atoms with van der Waals surface area (Å²) in [6.45, 7) is 1.98. The molecule has 0 atom stereocenters.